The van der Waals surface area contributed by atoms with Crippen LogP contribution in [0.25, 0.3) is 10.8 Å². The summed E-state index contributed by atoms with van der Waals surface area (Å²) in [7, 11) is 0. The number of aliphatic hydroxyl groups is 1. The molecule has 0 aromatic heterocycles. The van der Waals surface area contributed by atoms with E-state index in [1.54, 1.807) is 17.0 Å². The van der Waals surface area contributed by atoms with E-state index in [1.807, 2.05) is 66.7 Å². The summed E-state index contributed by atoms with van der Waals surface area (Å²) in [4.78, 5) is 28.7. The van der Waals surface area contributed by atoms with Gasteiger partial charge in [0.2, 0.25) is 0 Å². The van der Waals surface area contributed by atoms with Crippen molar-refractivity contribution in [1.82, 2.24) is 0 Å². The number of rotatable bonds is 5. The molecule has 0 radical (unpaired) electrons. The smallest absolute Gasteiger partial charge is 0.264 e. The van der Waals surface area contributed by atoms with Crippen LogP contribution in [0.1, 0.15) is 39.0 Å². The molecular weight excluding hydrogens is 410 g/mol. The first-order valence-corrected chi connectivity index (χ1v) is 11.3. The molecule has 0 saturated carbocycles. The summed E-state index contributed by atoms with van der Waals surface area (Å²) in [5.41, 5.74) is 3.30. The van der Waals surface area contributed by atoms with Gasteiger partial charge in [0.25, 0.3) is 5.91 Å². The first-order chi connectivity index (χ1) is 16.1. The molecule has 1 atom stereocenters. The van der Waals surface area contributed by atoms with Gasteiger partial charge in [-0.2, -0.15) is 0 Å². The molecule has 1 amide bonds. The predicted molar refractivity (Wildman–Crippen MR) is 128 cm³/mol. The maximum atomic E-state index is 13.6. The summed E-state index contributed by atoms with van der Waals surface area (Å²) in [5.74, 6) is -0.676. The number of nitrogens with zero attached hydrogens (tertiary/aromatic N) is 1. The first-order valence-electron chi connectivity index (χ1n) is 11.3. The lowest BCUT2D eigenvalue weighted by Crippen LogP contribution is -2.41. The monoisotopic (exact) mass is 433 g/mol. The van der Waals surface area contributed by atoms with Crippen molar-refractivity contribution in [3.05, 3.63) is 113 Å². The normalized spacial score (nSPS) is 18.7. The Hall–Kier alpha value is -3.76. The van der Waals surface area contributed by atoms with Crippen molar-refractivity contribution in [3.63, 3.8) is 0 Å². The highest BCUT2D eigenvalue weighted by atomic mass is 16.3. The van der Waals surface area contributed by atoms with Gasteiger partial charge in [-0.15, -0.1) is 0 Å². The maximum absolute atomic E-state index is 13.6. The Balaban J connectivity index is 1.38. The standard InChI is InChI=1S/C29H23NO3/c31-26(22-16-15-21-14-13-20-9-6-10-23(22)27(20)21)17-29(33)24-11-4-5-12-25(24)30(28(29)32)18-19-7-2-1-3-8-19/h1-12,15-16,33H,13-14,17-18H2. The van der Waals surface area contributed by atoms with Crippen molar-refractivity contribution in [1.29, 1.82) is 0 Å². The number of hydrogen-bond donors (Lipinski definition) is 1. The average Bonchev–Trinajstić information content (AvgIpc) is 3.35. The fourth-order valence-electron chi connectivity index (χ4n) is 5.42. The Kier molecular flexibility index (Phi) is 4.46. The number of anilines is 1. The van der Waals surface area contributed by atoms with Gasteiger partial charge in [0.05, 0.1) is 18.7 Å². The molecule has 4 aromatic carbocycles. The van der Waals surface area contributed by atoms with E-state index < -0.39 is 11.5 Å². The summed E-state index contributed by atoms with van der Waals surface area (Å²) >= 11 is 0. The van der Waals surface area contributed by atoms with E-state index >= 15 is 0 Å². The Labute approximate surface area is 192 Å². The molecule has 4 aromatic rings. The van der Waals surface area contributed by atoms with E-state index in [2.05, 4.69) is 6.07 Å². The van der Waals surface area contributed by atoms with Crippen LogP contribution in [0.15, 0.2) is 84.9 Å². The second-order valence-electron chi connectivity index (χ2n) is 8.97. The highest BCUT2D eigenvalue weighted by Gasteiger charge is 2.50. The number of aryl methyl sites for hydroxylation is 2. The minimum atomic E-state index is -1.88. The summed E-state index contributed by atoms with van der Waals surface area (Å²) < 4.78 is 0. The number of ketones is 1. The van der Waals surface area contributed by atoms with Gasteiger partial charge in [-0.25, -0.2) is 0 Å². The third-order valence-electron chi connectivity index (χ3n) is 7.02. The number of hydrogen-bond acceptors (Lipinski definition) is 3. The van der Waals surface area contributed by atoms with Crippen LogP contribution < -0.4 is 4.90 Å². The number of amides is 1. The van der Waals surface area contributed by atoms with Gasteiger partial charge in [0.15, 0.2) is 11.4 Å². The summed E-state index contributed by atoms with van der Waals surface area (Å²) in [6.45, 7) is 0.341. The van der Waals surface area contributed by atoms with Crippen molar-refractivity contribution in [2.75, 3.05) is 4.90 Å². The lowest BCUT2D eigenvalue weighted by Gasteiger charge is -2.23. The zero-order valence-corrected chi connectivity index (χ0v) is 18.1. The quantitative estimate of drug-likeness (QED) is 0.453. The molecule has 0 bridgehead atoms. The molecule has 1 aliphatic heterocycles. The van der Waals surface area contributed by atoms with Crippen LogP contribution in [0.4, 0.5) is 5.69 Å². The van der Waals surface area contributed by atoms with Gasteiger partial charge in [-0.05, 0) is 46.4 Å². The largest absolute Gasteiger partial charge is 0.375 e. The highest BCUT2D eigenvalue weighted by molar-refractivity contribution is 6.14. The average molecular weight is 434 g/mol. The molecule has 0 spiro atoms. The molecule has 6 rings (SSSR count). The molecule has 1 unspecified atom stereocenters. The van der Waals surface area contributed by atoms with Crippen LogP contribution in [-0.4, -0.2) is 16.8 Å². The zero-order chi connectivity index (χ0) is 22.6. The maximum Gasteiger partial charge on any atom is 0.264 e. The SMILES string of the molecule is O=C(CC1(O)C(=O)N(Cc2ccccc2)c2ccccc21)c1ccc2c3c(cccc13)CC2. The Morgan fingerprint density at radius 3 is 2.39 bits per heavy atom. The van der Waals surface area contributed by atoms with Gasteiger partial charge in [0.1, 0.15) is 0 Å². The second-order valence-corrected chi connectivity index (χ2v) is 8.97. The number of fused-ring (bicyclic) bond motifs is 1. The fourth-order valence-corrected chi connectivity index (χ4v) is 5.42. The van der Waals surface area contributed by atoms with Crippen LogP contribution in [0.5, 0.6) is 0 Å². The lowest BCUT2D eigenvalue weighted by molar-refractivity contribution is -0.136. The number of benzene rings is 4. The van der Waals surface area contributed by atoms with Crippen LogP contribution in [0.2, 0.25) is 0 Å². The Morgan fingerprint density at radius 2 is 1.58 bits per heavy atom. The summed E-state index contributed by atoms with van der Waals surface area (Å²) in [6.07, 6.45) is 1.68. The molecule has 4 nitrogen and oxygen atoms in total. The van der Waals surface area contributed by atoms with Gasteiger partial charge in [-0.1, -0.05) is 78.9 Å². The van der Waals surface area contributed by atoms with E-state index in [9.17, 15) is 14.7 Å². The molecular formula is C29H23NO3. The second kappa shape index (κ2) is 7.39. The van der Waals surface area contributed by atoms with E-state index in [-0.39, 0.29) is 12.2 Å². The zero-order valence-electron chi connectivity index (χ0n) is 18.1. The fraction of sp³-hybridized carbons (Fsp3) is 0.172. The number of Topliss-reactive ketones (excluding diaryl/α,β-unsaturated/α-hetero) is 1. The van der Waals surface area contributed by atoms with E-state index in [4.69, 9.17) is 0 Å². The van der Waals surface area contributed by atoms with Crippen molar-refractivity contribution in [2.24, 2.45) is 0 Å². The molecule has 33 heavy (non-hydrogen) atoms. The van der Waals surface area contributed by atoms with Crippen molar-refractivity contribution in [2.45, 2.75) is 31.4 Å². The molecule has 162 valence electrons. The van der Waals surface area contributed by atoms with E-state index in [1.165, 1.54) is 11.1 Å². The summed E-state index contributed by atoms with van der Waals surface area (Å²) in [6, 6.07) is 26.8. The van der Waals surface area contributed by atoms with Gasteiger partial charge < -0.3 is 10.0 Å². The van der Waals surface area contributed by atoms with Gasteiger partial charge in [0, 0.05) is 11.1 Å². The van der Waals surface area contributed by atoms with Gasteiger partial charge >= 0.3 is 0 Å². The van der Waals surface area contributed by atoms with Crippen LogP contribution in [0.3, 0.4) is 0 Å². The Bertz CT molecular complexity index is 1420. The van der Waals surface area contributed by atoms with Gasteiger partial charge in [-0.3, -0.25) is 9.59 Å². The lowest BCUT2D eigenvalue weighted by atomic mass is 9.86. The molecule has 1 heterocycles. The van der Waals surface area contributed by atoms with Crippen molar-refractivity contribution in [3.8, 4) is 0 Å². The molecule has 0 fully saturated rings. The molecule has 4 heteroatoms. The third-order valence-corrected chi connectivity index (χ3v) is 7.02. The molecule has 0 saturated heterocycles. The minimum absolute atomic E-state index is 0.224. The predicted octanol–water partition coefficient (Wildman–Crippen LogP) is 4.95. The topological polar surface area (TPSA) is 57.6 Å². The molecule has 1 N–H and O–H groups in total. The minimum Gasteiger partial charge on any atom is -0.375 e. The van der Waals surface area contributed by atoms with E-state index in [0.29, 0.717) is 23.4 Å². The van der Waals surface area contributed by atoms with Crippen LogP contribution in [-0.2, 0) is 29.8 Å². The third kappa shape index (κ3) is 3.02. The Morgan fingerprint density at radius 1 is 0.848 bits per heavy atom. The first kappa shape index (κ1) is 19.9. The van der Waals surface area contributed by atoms with E-state index in [0.717, 1.165) is 29.2 Å². The van der Waals surface area contributed by atoms with Crippen LogP contribution in [0, 0.1) is 0 Å². The van der Waals surface area contributed by atoms with Crippen LogP contribution >= 0.6 is 0 Å². The number of carbonyl (C=O) groups is 2. The summed E-state index contributed by atoms with van der Waals surface area (Å²) in [5, 5.41) is 13.7. The molecule has 1 aliphatic carbocycles. The number of carbonyl (C=O) groups excluding carboxylic acids is 2. The highest BCUT2D eigenvalue weighted by Crippen LogP contribution is 2.44. The number of para-hydroxylation sites is 1. The van der Waals surface area contributed by atoms with Crippen molar-refractivity contribution >= 4 is 28.2 Å². The molecule has 2 aliphatic rings. The van der Waals surface area contributed by atoms with Crippen molar-refractivity contribution < 1.29 is 14.7 Å².